The van der Waals surface area contributed by atoms with Crippen molar-refractivity contribution in [1.29, 1.82) is 0 Å². The SMILES string of the molecule is C.C.FB(F)F.O=C1CCCc2c(-c3ccccc3)cc(-c3ccccc3)[o+]c21.O=C1CCCc2c(-c3ccccc3)cc(-c3ccccc3)nc21.[F-]. The van der Waals surface area contributed by atoms with E-state index < -0.39 is 7.54 Å². The zero-order valence-electron chi connectivity index (χ0n) is 27.7. The summed E-state index contributed by atoms with van der Waals surface area (Å²) in [7, 11) is -3.67. The first kappa shape index (κ1) is 41.7. The molecular weight excluding hydrogens is 677 g/mol. The Morgan fingerprint density at radius 2 is 0.943 bits per heavy atom. The van der Waals surface area contributed by atoms with Crippen LogP contribution in [0.2, 0.25) is 0 Å². The zero-order valence-corrected chi connectivity index (χ0v) is 27.7. The van der Waals surface area contributed by atoms with Crippen LogP contribution in [0, 0.1) is 0 Å². The predicted molar refractivity (Wildman–Crippen MR) is 206 cm³/mol. The minimum Gasteiger partial charge on any atom is -1.00 e. The Kier molecular flexibility index (Phi) is 15.6. The predicted octanol–water partition coefficient (Wildman–Crippen LogP) is 9.50. The molecule has 0 bridgehead atoms. The van der Waals surface area contributed by atoms with E-state index >= 15 is 0 Å². The summed E-state index contributed by atoms with van der Waals surface area (Å²) < 4.78 is 35.0. The van der Waals surface area contributed by atoms with Gasteiger partial charge in [0.15, 0.2) is 5.78 Å². The lowest BCUT2D eigenvalue weighted by Crippen LogP contribution is -3.00. The number of carbonyl (C=O) groups is 2. The maximum Gasteiger partial charge on any atom is 0.762 e. The van der Waals surface area contributed by atoms with Gasteiger partial charge in [-0.3, -0.25) is 22.5 Å². The second-order valence-electron chi connectivity index (χ2n) is 12.0. The van der Waals surface area contributed by atoms with Crippen molar-refractivity contribution in [3.63, 3.8) is 0 Å². The van der Waals surface area contributed by atoms with Gasteiger partial charge in [-0.15, -0.1) is 0 Å². The highest BCUT2D eigenvalue weighted by atomic mass is 19.4. The quantitative estimate of drug-likeness (QED) is 0.104. The van der Waals surface area contributed by atoms with Gasteiger partial charge in [0.1, 0.15) is 5.69 Å². The van der Waals surface area contributed by atoms with Crippen LogP contribution in [-0.4, -0.2) is 24.1 Å². The van der Waals surface area contributed by atoms with Gasteiger partial charge >= 0.3 is 19.1 Å². The molecule has 2 aliphatic carbocycles. The van der Waals surface area contributed by atoms with Crippen molar-refractivity contribution in [2.24, 2.45) is 0 Å². The van der Waals surface area contributed by atoms with Crippen LogP contribution in [0.1, 0.15) is 72.7 Å². The van der Waals surface area contributed by atoms with Gasteiger partial charge < -0.3 is 4.70 Å². The first-order chi connectivity index (χ1) is 24.4. The maximum atomic E-state index is 12.4. The lowest BCUT2D eigenvalue weighted by atomic mass is 9.87. The van der Waals surface area contributed by atoms with Crippen molar-refractivity contribution >= 4 is 19.1 Å². The van der Waals surface area contributed by atoms with Gasteiger partial charge in [0.2, 0.25) is 0 Å². The summed E-state index contributed by atoms with van der Waals surface area (Å²) in [5.74, 6) is 1.57. The van der Waals surface area contributed by atoms with Gasteiger partial charge in [0, 0.05) is 24.0 Å². The summed E-state index contributed by atoms with van der Waals surface area (Å²) >= 11 is 0. The highest BCUT2D eigenvalue weighted by molar-refractivity contribution is 6.33. The molecule has 9 heteroatoms. The van der Waals surface area contributed by atoms with Crippen LogP contribution in [0.25, 0.3) is 44.8 Å². The number of hydrogen-bond acceptors (Lipinski definition) is 3. The number of rotatable bonds is 4. The Bertz CT molecular complexity index is 1930. The third kappa shape index (κ3) is 10.2. The molecule has 272 valence electrons. The highest BCUT2D eigenvalue weighted by Crippen LogP contribution is 2.37. The minimum absolute atomic E-state index is 0. The first-order valence-electron chi connectivity index (χ1n) is 16.6. The third-order valence-corrected chi connectivity index (χ3v) is 8.69. The fourth-order valence-corrected chi connectivity index (χ4v) is 6.41. The molecule has 53 heavy (non-hydrogen) atoms. The molecule has 0 atom stereocenters. The summed E-state index contributed by atoms with van der Waals surface area (Å²) in [6, 6.07) is 44.7. The van der Waals surface area contributed by atoms with Gasteiger partial charge in [-0.1, -0.05) is 124 Å². The van der Waals surface area contributed by atoms with E-state index in [1.54, 1.807) is 0 Å². The number of ketones is 2. The summed E-state index contributed by atoms with van der Waals surface area (Å²) in [6.07, 6.45) is 4.80. The summed E-state index contributed by atoms with van der Waals surface area (Å²) in [5.41, 5.74) is 10.3. The highest BCUT2D eigenvalue weighted by Gasteiger charge is 2.34. The monoisotopic (exact) mass is 719 g/mol. The average molecular weight is 720 g/mol. The van der Waals surface area contributed by atoms with Crippen LogP contribution >= 0.6 is 0 Å². The second-order valence-corrected chi connectivity index (χ2v) is 12.0. The Morgan fingerprint density at radius 3 is 1.45 bits per heavy atom. The van der Waals surface area contributed by atoms with Gasteiger partial charge in [-0.05, 0) is 66.1 Å². The molecule has 0 aliphatic heterocycles. The number of aromatic nitrogens is 1. The van der Waals surface area contributed by atoms with Crippen molar-refractivity contribution in [3.8, 4) is 44.8 Å². The molecular formula is C44H42BF4NO3. The second kappa shape index (κ2) is 19.8. The number of fused-ring (bicyclic) bond motifs is 2. The summed E-state index contributed by atoms with van der Waals surface area (Å²) in [4.78, 5) is 29.5. The van der Waals surface area contributed by atoms with E-state index in [4.69, 9.17) is 9.40 Å². The molecule has 2 heterocycles. The van der Waals surface area contributed by atoms with E-state index in [-0.39, 0.29) is 31.1 Å². The molecule has 0 amide bonds. The molecule has 0 radical (unpaired) electrons. The average Bonchev–Trinajstić information content (AvgIpc) is 3.16. The molecule has 0 unspecified atom stereocenters. The molecule has 2 aromatic heterocycles. The number of hydrogen-bond donors (Lipinski definition) is 0. The molecule has 0 spiro atoms. The van der Waals surface area contributed by atoms with Crippen molar-refractivity contribution in [2.45, 2.75) is 53.4 Å². The number of halogens is 4. The molecule has 4 aromatic carbocycles. The first-order valence-corrected chi connectivity index (χ1v) is 16.6. The van der Waals surface area contributed by atoms with Gasteiger partial charge in [-0.2, -0.15) is 0 Å². The van der Waals surface area contributed by atoms with Crippen LogP contribution in [0.15, 0.2) is 138 Å². The van der Waals surface area contributed by atoms with E-state index in [0.29, 0.717) is 24.3 Å². The Morgan fingerprint density at radius 1 is 0.528 bits per heavy atom. The normalized spacial score (nSPS) is 12.4. The number of pyridine rings is 1. The molecule has 0 N–H and O–H groups in total. The smallest absolute Gasteiger partial charge is 0.762 e. The molecule has 0 saturated carbocycles. The fraction of sp³-hybridized carbons (Fsp3) is 0.182. The summed E-state index contributed by atoms with van der Waals surface area (Å²) in [5, 5.41) is 0. The Hall–Kier alpha value is -5.70. The molecule has 2 aliphatic rings. The van der Waals surface area contributed by atoms with Crippen molar-refractivity contribution in [3.05, 3.63) is 156 Å². The van der Waals surface area contributed by atoms with Crippen molar-refractivity contribution in [2.75, 3.05) is 0 Å². The molecule has 0 fully saturated rings. The molecule has 6 aromatic rings. The van der Waals surface area contributed by atoms with Crippen LogP contribution in [0.4, 0.5) is 12.9 Å². The number of carbonyl (C=O) groups excluding carboxylic acids is 2. The van der Waals surface area contributed by atoms with Gasteiger partial charge in [-0.25, -0.2) is 9.40 Å². The number of benzene rings is 4. The van der Waals surface area contributed by atoms with Crippen molar-refractivity contribution < 1.29 is 31.7 Å². The zero-order chi connectivity index (χ0) is 34.9. The largest absolute Gasteiger partial charge is 1.00 e. The number of Topliss-reactive ketones (excluding diaryl/α,β-unsaturated/α-hetero) is 2. The molecule has 0 saturated heterocycles. The Balaban J connectivity index is 0.000000247. The molecule has 8 rings (SSSR count). The van der Waals surface area contributed by atoms with Crippen LogP contribution < -0.4 is 4.70 Å². The van der Waals surface area contributed by atoms with E-state index in [1.807, 2.05) is 97.1 Å². The fourth-order valence-electron chi connectivity index (χ4n) is 6.41. The van der Waals surface area contributed by atoms with Crippen LogP contribution in [-0.2, 0) is 12.8 Å². The number of nitrogens with zero attached hydrogens (tertiary/aromatic N) is 1. The topological polar surface area (TPSA) is 58.3 Å². The maximum absolute atomic E-state index is 12.4. The lowest BCUT2D eigenvalue weighted by Gasteiger charge is -2.19. The molecule has 4 nitrogen and oxygen atoms in total. The van der Waals surface area contributed by atoms with Gasteiger partial charge in [0.05, 0.1) is 22.9 Å². The van der Waals surface area contributed by atoms with Crippen molar-refractivity contribution in [1.82, 2.24) is 4.98 Å². The van der Waals surface area contributed by atoms with Crippen LogP contribution in [0.3, 0.4) is 0 Å². The van der Waals surface area contributed by atoms with E-state index in [9.17, 15) is 22.5 Å². The summed E-state index contributed by atoms with van der Waals surface area (Å²) in [6.45, 7) is 0. The lowest BCUT2D eigenvalue weighted by molar-refractivity contribution is -0.0000290. The third-order valence-electron chi connectivity index (χ3n) is 8.69. The minimum atomic E-state index is -3.67. The Labute approximate surface area is 309 Å². The standard InChI is InChI=1S/C21H17NO.C21H17O2.2CH4.BF3.FH/c23-20-13-7-12-17-18(15-8-3-1-4-9-15)14-19(22-21(17)20)16-10-5-2-6-11-16;22-19-13-7-12-17-18(15-8-3-1-4-9-15)14-20(23-21(17)19)16-10-5-2-6-11-16;;;2-1(3)4;/h2*1-6,8-11,14H,7,12-13H2;2*1H4;;1H/q;+1;;;;/p-1. The van der Waals surface area contributed by atoms with Crippen LogP contribution in [0.5, 0.6) is 0 Å². The van der Waals surface area contributed by atoms with Gasteiger partial charge in [0.25, 0.3) is 5.78 Å². The van der Waals surface area contributed by atoms with E-state index in [0.717, 1.165) is 81.6 Å². The van der Waals surface area contributed by atoms with E-state index in [1.165, 1.54) is 0 Å². The van der Waals surface area contributed by atoms with E-state index in [2.05, 4.69) is 36.4 Å².